The largest absolute Gasteiger partial charge is 1.00 e. The number of nitrogen functional groups attached to an aromatic ring is 1. The molecule has 0 aliphatic carbocycles. The summed E-state index contributed by atoms with van der Waals surface area (Å²) in [4.78, 5) is 18.2. The van der Waals surface area contributed by atoms with E-state index in [0.29, 0.717) is 24.1 Å². The van der Waals surface area contributed by atoms with Gasteiger partial charge in [0, 0.05) is 12.8 Å². The summed E-state index contributed by atoms with van der Waals surface area (Å²) in [6.07, 6.45) is -2.24. The molecule has 2 saturated heterocycles. The molecule has 238 valence electrons. The highest BCUT2D eigenvalue weighted by Crippen LogP contribution is 2.48. The Labute approximate surface area is 259 Å². The molecule has 5 rings (SSSR count). The second-order valence-corrected chi connectivity index (χ2v) is 12.5. The van der Waals surface area contributed by atoms with Gasteiger partial charge in [-0.25, -0.2) is 14.1 Å². The van der Waals surface area contributed by atoms with E-state index in [1.54, 1.807) is 30.3 Å². The number of aliphatic hydroxyl groups is 2. The fraction of sp³-hybridized carbons (Fsp3) is 0.481. The molecule has 2 aromatic heterocycles. The van der Waals surface area contributed by atoms with Crippen molar-refractivity contribution in [1.29, 1.82) is 5.26 Å². The Kier molecular flexibility index (Phi) is 10.5. The maximum Gasteiger partial charge on any atom is 0.459 e. The second-order valence-electron chi connectivity index (χ2n) is 10.8. The van der Waals surface area contributed by atoms with Crippen molar-refractivity contribution in [3.05, 3.63) is 54.5 Å². The molecule has 0 bridgehead atoms. The van der Waals surface area contributed by atoms with Crippen LogP contribution in [0.15, 0.2) is 48.8 Å². The van der Waals surface area contributed by atoms with Crippen molar-refractivity contribution in [2.24, 2.45) is 0 Å². The Morgan fingerprint density at radius 2 is 2.00 bits per heavy atom. The summed E-state index contributed by atoms with van der Waals surface area (Å²) in [5.41, 5.74) is 4.45. The van der Waals surface area contributed by atoms with Crippen LogP contribution in [-0.2, 0) is 23.4 Å². The molecule has 0 amide bonds. The number of nitriles is 1. The minimum absolute atomic E-state index is 0. The number of hydrogen-bond donors (Lipinski definition) is 5. The number of aliphatic hydroxyl groups excluding tert-OH is 2. The Balaban J connectivity index is 0.00000442. The molecule has 1 unspecified atom stereocenters. The quantitative estimate of drug-likeness (QED) is 0.108. The zero-order valence-corrected chi connectivity index (χ0v) is 25.7. The van der Waals surface area contributed by atoms with Gasteiger partial charge in [0.25, 0.3) is 0 Å². The first-order valence-electron chi connectivity index (χ1n) is 13.9. The van der Waals surface area contributed by atoms with E-state index in [1.165, 1.54) is 34.8 Å². The Bertz CT molecular complexity index is 1530. The number of likely N-dealkylation sites (tertiary alicyclic amines) is 1. The lowest BCUT2D eigenvalue weighted by atomic mass is 9.96. The SMILES string of the molecule is C[C@H](NP(=O)(OC[C@@]1(C#N)O[C@@H](c2ccc3c(N)ncnn23)[C@H](O)[C@@H]1O)Oc1ccccc1)C(=O)OC1CC[NH+](C)CC1.[Cl-]. The van der Waals surface area contributed by atoms with Crippen molar-refractivity contribution in [3.8, 4) is 11.8 Å². The van der Waals surface area contributed by atoms with Crippen molar-refractivity contribution < 1.29 is 55.4 Å². The first kappa shape index (κ1) is 33.6. The van der Waals surface area contributed by atoms with Crippen LogP contribution < -0.4 is 32.7 Å². The highest BCUT2D eigenvalue weighted by Gasteiger charge is 2.57. The zero-order valence-electron chi connectivity index (χ0n) is 24.1. The van der Waals surface area contributed by atoms with Crippen molar-refractivity contribution in [3.63, 3.8) is 0 Å². The number of piperidine rings is 1. The van der Waals surface area contributed by atoms with E-state index >= 15 is 0 Å². The lowest BCUT2D eigenvalue weighted by Gasteiger charge is -2.29. The first-order chi connectivity index (χ1) is 20.5. The van der Waals surface area contributed by atoms with Crippen molar-refractivity contribution in [1.82, 2.24) is 19.7 Å². The molecule has 0 radical (unpaired) electrons. The fourth-order valence-corrected chi connectivity index (χ4v) is 6.65. The second kappa shape index (κ2) is 13.8. The molecule has 4 heterocycles. The van der Waals surface area contributed by atoms with Crippen LogP contribution in [0.5, 0.6) is 5.75 Å². The van der Waals surface area contributed by atoms with Crippen molar-refractivity contribution in [2.45, 2.75) is 55.8 Å². The summed E-state index contributed by atoms with van der Waals surface area (Å²) in [7, 11) is -2.34. The van der Waals surface area contributed by atoms with Crippen molar-refractivity contribution >= 4 is 25.1 Å². The summed E-state index contributed by atoms with van der Waals surface area (Å²) >= 11 is 0. The van der Waals surface area contributed by atoms with E-state index in [1.807, 2.05) is 6.07 Å². The molecular formula is C27H35ClN7O8P. The third-order valence-corrected chi connectivity index (χ3v) is 9.26. The lowest BCUT2D eigenvalue weighted by Crippen LogP contribution is -3.10. The van der Waals surface area contributed by atoms with Gasteiger partial charge in [0.15, 0.2) is 5.82 Å². The summed E-state index contributed by atoms with van der Waals surface area (Å²) < 4.78 is 38.3. The molecule has 17 heteroatoms. The molecule has 0 spiro atoms. The molecule has 15 nitrogen and oxygen atoms in total. The number of fused-ring (bicyclic) bond motifs is 1. The van der Waals surface area contributed by atoms with Gasteiger partial charge in [-0.3, -0.25) is 9.32 Å². The normalized spacial score (nSPS) is 28.8. The number of quaternary nitrogens is 1. The number of nitrogens with one attached hydrogen (secondary N) is 2. The van der Waals surface area contributed by atoms with Gasteiger partial charge in [-0.15, -0.1) is 0 Å². The van der Waals surface area contributed by atoms with Crippen LogP contribution in [0, 0.1) is 11.3 Å². The molecule has 6 atom stereocenters. The molecule has 2 aliphatic rings. The van der Waals surface area contributed by atoms with Crippen LogP contribution >= 0.6 is 7.75 Å². The number of para-hydroxylation sites is 1. The molecule has 6 N–H and O–H groups in total. The Morgan fingerprint density at radius 3 is 2.68 bits per heavy atom. The number of esters is 1. The number of rotatable bonds is 10. The Hall–Kier alpha value is -3.32. The average Bonchev–Trinajstić information content (AvgIpc) is 3.53. The molecule has 2 fully saturated rings. The van der Waals surface area contributed by atoms with Crippen LogP contribution in [0.4, 0.5) is 5.82 Å². The third-order valence-electron chi connectivity index (χ3n) is 7.63. The summed E-state index contributed by atoms with van der Waals surface area (Å²) in [5.74, 6) is -0.307. The van der Waals surface area contributed by atoms with E-state index in [4.69, 9.17) is 24.3 Å². The molecule has 2 aliphatic heterocycles. The monoisotopic (exact) mass is 651 g/mol. The van der Waals surface area contributed by atoms with Crippen LogP contribution in [0.2, 0.25) is 0 Å². The van der Waals surface area contributed by atoms with Gasteiger partial charge in [-0.1, -0.05) is 18.2 Å². The number of nitrogens with zero attached hydrogens (tertiary/aromatic N) is 4. The van der Waals surface area contributed by atoms with Gasteiger partial charge in [0.2, 0.25) is 5.60 Å². The summed E-state index contributed by atoms with van der Waals surface area (Å²) in [5, 5.41) is 38.8. The fourth-order valence-electron chi connectivity index (χ4n) is 5.12. The van der Waals surface area contributed by atoms with E-state index in [-0.39, 0.29) is 30.1 Å². The topological polar surface area (TPSA) is 208 Å². The maximum atomic E-state index is 14.0. The standard InChI is InChI=1S/C27H34N7O8P.ClH/c1-17(26(37)40-18-10-12-33(2)13-11-18)32-43(38,42-19-6-4-3-5-7-19)39-15-27(14-28)24(36)22(35)23(41-27)20-8-9-21-25(29)30-16-31-34(20)21;/h3-9,16-18,22-24,35-36H,10-13,15H2,1-2H3,(H,32,38)(H2,29,30,31);1H/t17-,22-,23-,24-,27+,43?;/m0./s1. The first-order valence-corrected chi connectivity index (χ1v) is 15.4. The third kappa shape index (κ3) is 6.98. The number of hydrogen-bond acceptors (Lipinski definition) is 12. The number of nitrogens with two attached hydrogens (primary N) is 1. The zero-order chi connectivity index (χ0) is 30.8. The summed E-state index contributed by atoms with van der Waals surface area (Å²) in [6.45, 7) is 2.39. The van der Waals surface area contributed by atoms with E-state index in [9.17, 15) is 24.8 Å². The van der Waals surface area contributed by atoms with Gasteiger partial charge in [-0.2, -0.15) is 15.4 Å². The van der Waals surface area contributed by atoms with Crippen LogP contribution in [0.25, 0.3) is 5.52 Å². The van der Waals surface area contributed by atoms with E-state index < -0.39 is 50.3 Å². The number of carbonyl (C=O) groups excluding carboxylic acids is 1. The minimum atomic E-state index is -4.42. The molecule has 44 heavy (non-hydrogen) atoms. The smallest absolute Gasteiger partial charge is 0.459 e. The van der Waals surface area contributed by atoms with Gasteiger partial charge < -0.3 is 47.3 Å². The van der Waals surface area contributed by atoms with Gasteiger partial charge in [-0.05, 0) is 31.2 Å². The van der Waals surface area contributed by atoms with E-state index in [2.05, 4.69) is 22.2 Å². The highest BCUT2D eigenvalue weighted by atomic mass is 35.5. The number of anilines is 1. The lowest BCUT2D eigenvalue weighted by molar-refractivity contribution is -0.885. The van der Waals surface area contributed by atoms with Crippen LogP contribution in [0.1, 0.15) is 31.6 Å². The molecule has 0 saturated carbocycles. The van der Waals surface area contributed by atoms with Gasteiger partial charge in [0.05, 0.1) is 25.8 Å². The Morgan fingerprint density at radius 1 is 1.30 bits per heavy atom. The average molecular weight is 652 g/mol. The van der Waals surface area contributed by atoms with E-state index in [0.717, 1.165) is 13.1 Å². The molecule has 3 aromatic rings. The number of carbonyl (C=O) groups is 1. The van der Waals surface area contributed by atoms with Gasteiger partial charge in [0.1, 0.15) is 60.7 Å². The van der Waals surface area contributed by atoms with Crippen LogP contribution in [-0.4, -0.2) is 87.5 Å². The maximum absolute atomic E-state index is 14.0. The number of ether oxygens (including phenoxy) is 2. The summed E-state index contributed by atoms with van der Waals surface area (Å²) in [6, 6.07) is 12.0. The number of benzene rings is 1. The molecule has 1 aromatic carbocycles. The number of halogens is 1. The number of aromatic nitrogens is 3. The van der Waals surface area contributed by atoms with Crippen LogP contribution in [0.3, 0.4) is 0 Å². The van der Waals surface area contributed by atoms with Gasteiger partial charge >= 0.3 is 13.7 Å². The predicted octanol–water partition coefficient (Wildman–Crippen LogP) is -3.23. The molecular weight excluding hydrogens is 617 g/mol. The minimum Gasteiger partial charge on any atom is -1.00 e. The predicted molar refractivity (Wildman–Crippen MR) is 151 cm³/mol. The van der Waals surface area contributed by atoms with Crippen molar-refractivity contribution in [2.75, 3.05) is 32.5 Å². The highest BCUT2D eigenvalue weighted by molar-refractivity contribution is 7.52.